The van der Waals surface area contributed by atoms with E-state index in [1.54, 1.807) is 18.2 Å². The van der Waals surface area contributed by atoms with Crippen molar-refractivity contribution < 1.29 is 4.39 Å². The van der Waals surface area contributed by atoms with Gasteiger partial charge in [-0.1, -0.05) is 24.6 Å². The molecule has 1 saturated heterocycles. The predicted molar refractivity (Wildman–Crippen MR) is 70.0 cm³/mol. The lowest BCUT2D eigenvalue weighted by molar-refractivity contribution is 0.313. The maximum absolute atomic E-state index is 14.0. The van der Waals surface area contributed by atoms with Crippen molar-refractivity contribution in [3.05, 3.63) is 29.0 Å². The summed E-state index contributed by atoms with van der Waals surface area (Å²) in [5.74, 6) is 0.0193. The first-order chi connectivity index (χ1) is 8.02. The Morgan fingerprint density at radius 1 is 1.41 bits per heavy atom. The topological polar surface area (TPSA) is 29.3 Å². The van der Waals surface area contributed by atoms with E-state index in [2.05, 4.69) is 18.7 Å². The van der Waals surface area contributed by atoms with E-state index in [1.165, 1.54) is 0 Å². The molecule has 0 saturated carbocycles. The number of hydrogen-bond acceptors (Lipinski definition) is 2. The molecule has 0 aliphatic carbocycles. The lowest BCUT2D eigenvalue weighted by atomic mass is 9.87. The summed E-state index contributed by atoms with van der Waals surface area (Å²) in [7, 11) is 0. The molecule has 17 heavy (non-hydrogen) atoms. The first-order valence-electron chi connectivity index (χ1n) is 5.98. The smallest absolute Gasteiger partial charge is 0.165 e. The molecule has 0 bridgehead atoms. The van der Waals surface area contributed by atoms with Gasteiger partial charge in [-0.25, -0.2) is 4.39 Å². The second-order valence-electron chi connectivity index (χ2n) is 4.82. The molecule has 1 aliphatic heterocycles. The Morgan fingerprint density at radius 3 is 2.82 bits per heavy atom. The van der Waals surface area contributed by atoms with E-state index < -0.39 is 0 Å². The zero-order valence-corrected chi connectivity index (χ0v) is 10.9. The van der Waals surface area contributed by atoms with Gasteiger partial charge in [0, 0.05) is 18.6 Å². The summed E-state index contributed by atoms with van der Waals surface area (Å²) in [6, 6.07) is 5.56. The number of hydrogen-bond donors (Lipinski definition) is 1. The van der Waals surface area contributed by atoms with Crippen LogP contribution in [0.1, 0.15) is 20.3 Å². The molecule has 4 heteroatoms. The maximum Gasteiger partial charge on any atom is 0.165 e. The van der Waals surface area contributed by atoms with Gasteiger partial charge < -0.3 is 10.6 Å². The quantitative estimate of drug-likeness (QED) is 0.837. The van der Waals surface area contributed by atoms with E-state index in [9.17, 15) is 4.39 Å². The zero-order valence-electron chi connectivity index (χ0n) is 10.2. The molecule has 1 aromatic rings. The van der Waals surface area contributed by atoms with Gasteiger partial charge in [-0.15, -0.1) is 0 Å². The molecule has 2 N–H and O–H groups in total. The highest BCUT2D eigenvalue weighted by Crippen LogP contribution is 2.32. The fourth-order valence-corrected chi connectivity index (χ4v) is 2.62. The van der Waals surface area contributed by atoms with Gasteiger partial charge in [0.2, 0.25) is 0 Å². The summed E-state index contributed by atoms with van der Waals surface area (Å²) in [6.07, 6.45) is 0.886. The van der Waals surface area contributed by atoms with E-state index in [-0.39, 0.29) is 22.9 Å². The third kappa shape index (κ3) is 2.26. The molecule has 0 radical (unpaired) electrons. The van der Waals surface area contributed by atoms with E-state index >= 15 is 0 Å². The van der Waals surface area contributed by atoms with Crippen LogP contribution in [0, 0.1) is 11.7 Å². The van der Waals surface area contributed by atoms with Crippen molar-refractivity contribution >= 4 is 17.3 Å². The van der Waals surface area contributed by atoms with Crippen LogP contribution in [0.5, 0.6) is 0 Å². The average Bonchev–Trinajstić information content (AvgIpc) is 2.31. The Labute approximate surface area is 107 Å². The van der Waals surface area contributed by atoms with Gasteiger partial charge in [0.05, 0.1) is 10.7 Å². The predicted octanol–water partition coefficient (Wildman–Crippen LogP) is 3.04. The summed E-state index contributed by atoms with van der Waals surface area (Å²) < 4.78 is 14.0. The molecular formula is C13H18ClFN2. The highest BCUT2D eigenvalue weighted by molar-refractivity contribution is 6.31. The molecule has 2 nitrogen and oxygen atoms in total. The number of nitrogens with two attached hydrogens (primary N) is 1. The van der Waals surface area contributed by atoms with E-state index in [0.29, 0.717) is 11.6 Å². The van der Waals surface area contributed by atoms with E-state index in [0.717, 1.165) is 13.0 Å². The molecule has 1 aromatic carbocycles. The van der Waals surface area contributed by atoms with Crippen LogP contribution in [0.2, 0.25) is 5.02 Å². The van der Waals surface area contributed by atoms with Gasteiger partial charge >= 0.3 is 0 Å². The molecule has 3 unspecified atom stereocenters. The van der Waals surface area contributed by atoms with Crippen molar-refractivity contribution in [2.45, 2.75) is 32.4 Å². The minimum atomic E-state index is -0.330. The lowest BCUT2D eigenvalue weighted by Crippen LogP contribution is -2.52. The summed E-state index contributed by atoms with van der Waals surface area (Å²) in [5, 5.41) is 0.178. The summed E-state index contributed by atoms with van der Waals surface area (Å²) in [5.41, 5.74) is 6.62. The molecule has 0 aromatic heterocycles. The summed E-state index contributed by atoms with van der Waals surface area (Å²) in [6.45, 7) is 4.98. The van der Waals surface area contributed by atoms with Crippen LogP contribution in [0.25, 0.3) is 0 Å². The first kappa shape index (κ1) is 12.7. The normalized spacial score (nSPS) is 29.5. The van der Waals surface area contributed by atoms with E-state index in [4.69, 9.17) is 17.3 Å². The van der Waals surface area contributed by atoms with Crippen LogP contribution in [0.15, 0.2) is 18.2 Å². The highest BCUT2D eigenvalue weighted by atomic mass is 35.5. The molecular weight excluding hydrogens is 239 g/mol. The Morgan fingerprint density at radius 2 is 2.12 bits per heavy atom. The van der Waals surface area contributed by atoms with Gasteiger partial charge in [-0.05, 0) is 31.4 Å². The Bertz CT molecular complexity index is 410. The van der Waals surface area contributed by atoms with Gasteiger partial charge in [-0.3, -0.25) is 0 Å². The summed E-state index contributed by atoms with van der Waals surface area (Å²) in [4.78, 5) is 2.06. The monoisotopic (exact) mass is 256 g/mol. The van der Waals surface area contributed by atoms with Crippen molar-refractivity contribution in [1.82, 2.24) is 0 Å². The number of anilines is 1. The van der Waals surface area contributed by atoms with Crippen molar-refractivity contribution in [1.29, 1.82) is 0 Å². The van der Waals surface area contributed by atoms with Gasteiger partial charge in [0.1, 0.15) is 0 Å². The van der Waals surface area contributed by atoms with Gasteiger partial charge in [0.25, 0.3) is 0 Å². The van der Waals surface area contributed by atoms with Crippen molar-refractivity contribution in [3.63, 3.8) is 0 Å². The summed E-state index contributed by atoms with van der Waals surface area (Å²) >= 11 is 5.82. The standard InChI is InChI=1S/C13H18ClFN2/c1-8-9(2)17(7-6-11(8)16)12-5-3-4-10(14)13(12)15/h3-5,8-9,11H,6-7,16H2,1-2H3. The fourth-order valence-electron chi connectivity index (χ4n) is 2.45. The average molecular weight is 257 g/mol. The number of benzene rings is 1. The number of piperidine rings is 1. The molecule has 1 heterocycles. The minimum absolute atomic E-state index is 0.178. The Balaban J connectivity index is 2.31. The molecule has 1 aliphatic rings. The molecule has 0 spiro atoms. The Hall–Kier alpha value is -0.800. The molecule has 3 atom stereocenters. The zero-order chi connectivity index (χ0) is 12.6. The van der Waals surface area contributed by atoms with Gasteiger partial charge in [0.15, 0.2) is 5.82 Å². The molecule has 94 valence electrons. The second-order valence-corrected chi connectivity index (χ2v) is 5.23. The Kier molecular flexibility index (Phi) is 3.59. The van der Waals surface area contributed by atoms with Crippen LogP contribution in [-0.2, 0) is 0 Å². The minimum Gasteiger partial charge on any atom is -0.366 e. The number of rotatable bonds is 1. The maximum atomic E-state index is 14.0. The fraction of sp³-hybridized carbons (Fsp3) is 0.538. The van der Waals surface area contributed by atoms with E-state index in [1.807, 2.05) is 0 Å². The van der Waals surface area contributed by atoms with Crippen molar-refractivity contribution in [2.75, 3.05) is 11.4 Å². The number of halogens is 2. The third-order valence-electron chi connectivity index (χ3n) is 3.87. The number of nitrogens with zero attached hydrogens (tertiary/aromatic N) is 1. The largest absolute Gasteiger partial charge is 0.366 e. The lowest BCUT2D eigenvalue weighted by Gasteiger charge is -2.42. The van der Waals surface area contributed by atoms with Crippen molar-refractivity contribution in [2.24, 2.45) is 11.7 Å². The van der Waals surface area contributed by atoms with Crippen molar-refractivity contribution in [3.8, 4) is 0 Å². The molecule has 2 rings (SSSR count). The van der Waals surface area contributed by atoms with Crippen LogP contribution in [-0.4, -0.2) is 18.6 Å². The van der Waals surface area contributed by atoms with Gasteiger partial charge in [-0.2, -0.15) is 0 Å². The van der Waals surface area contributed by atoms with Crippen LogP contribution in [0.4, 0.5) is 10.1 Å². The molecule has 0 amide bonds. The highest BCUT2D eigenvalue weighted by Gasteiger charge is 2.31. The third-order valence-corrected chi connectivity index (χ3v) is 4.16. The molecule has 1 fully saturated rings. The SMILES string of the molecule is CC1C(N)CCN(c2cccc(Cl)c2F)C1C. The second kappa shape index (κ2) is 4.83. The van der Waals surface area contributed by atoms with Crippen LogP contribution >= 0.6 is 11.6 Å². The first-order valence-corrected chi connectivity index (χ1v) is 6.36. The van der Waals surface area contributed by atoms with Crippen LogP contribution < -0.4 is 10.6 Å². The van der Waals surface area contributed by atoms with Crippen LogP contribution in [0.3, 0.4) is 0 Å².